The van der Waals surface area contributed by atoms with Crippen molar-refractivity contribution in [1.82, 2.24) is 10.2 Å². The van der Waals surface area contributed by atoms with Crippen LogP contribution in [0.3, 0.4) is 0 Å². The third-order valence-corrected chi connectivity index (χ3v) is 6.96. The molecule has 192 valence electrons. The molecule has 0 heterocycles. The number of hydrogen-bond donors (Lipinski definition) is 1. The Balaban J connectivity index is 2.45. The smallest absolute Gasteiger partial charge is 0.244 e. The van der Waals surface area contributed by atoms with E-state index in [0.717, 1.165) is 23.3 Å². The highest BCUT2D eigenvalue weighted by Crippen LogP contribution is 2.27. The topological polar surface area (TPSA) is 86.8 Å². The van der Waals surface area contributed by atoms with E-state index >= 15 is 0 Å². The minimum absolute atomic E-state index is 0.155. The van der Waals surface area contributed by atoms with Crippen molar-refractivity contribution in [2.45, 2.75) is 33.4 Å². The van der Waals surface area contributed by atoms with Gasteiger partial charge in [-0.15, -0.1) is 0 Å². The highest BCUT2D eigenvalue weighted by Gasteiger charge is 2.31. The summed E-state index contributed by atoms with van der Waals surface area (Å²) in [6.07, 6.45) is 0.829. The molecule has 0 bridgehead atoms. The van der Waals surface area contributed by atoms with Crippen molar-refractivity contribution in [3.05, 3.63) is 63.6 Å². The standard InChI is InChI=1S/C23H27Cl2F2N3O4S/c1-14(2)11-28-23(32)15(3)29(12-17-18(24)6-5-7-19(17)25)22(31)13-30(35(4,33)34)16-8-9-20(26)21(27)10-16/h5-10,14-15H,11-13H2,1-4H3,(H,28,32)/t15-/m1/s1. The SMILES string of the molecule is CC(C)CNC(=O)[C@@H](C)N(Cc1c(Cl)cccc1Cl)C(=O)CN(c1ccc(F)c(F)c1)S(C)(=O)=O. The number of carbonyl (C=O) groups is 2. The number of hydrogen-bond acceptors (Lipinski definition) is 4. The lowest BCUT2D eigenvalue weighted by Crippen LogP contribution is -2.51. The zero-order valence-corrected chi connectivity index (χ0v) is 22.0. The third-order valence-electron chi connectivity index (χ3n) is 5.11. The molecule has 2 rings (SSSR count). The van der Waals surface area contributed by atoms with Gasteiger partial charge in [-0.3, -0.25) is 13.9 Å². The van der Waals surface area contributed by atoms with Gasteiger partial charge in [0.2, 0.25) is 21.8 Å². The van der Waals surface area contributed by atoms with Gasteiger partial charge in [-0.2, -0.15) is 0 Å². The number of anilines is 1. The minimum Gasteiger partial charge on any atom is -0.354 e. The second-order valence-electron chi connectivity index (χ2n) is 8.40. The average molecular weight is 550 g/mol. The van der Waals surface area contributed by atoms with Crippen LogP contribution in [0.1, 0.15) is 26.3 Å². The van der Waals surface area contributed by atoms with Gasteiger partial charge in [-0.1, -0.05) is 43.1 Å². The normalized spacial score (nSPS) is 12.4. The van der Waals surface area contributed by atoms with Crippen LogP contribution in [-0.2, 0) is 26.2 Å². The number of halogens is 4. The molecule has 2 amide bonds. The third kappa shape index (κ3) is 7.78. The maximum Gasteiger partial charge on any atom is 0.244 e. The minimum atomic E-state index is -4.09. The average Bonchev–Trinajstić information content (AvgIpc) is 2.76. The van der Waals surface area contributed by atoms with E-state index in [-0.39, 0.29) is 28.2 Å². The van der Waals surface area contributed by atoms with Crippen LogP contribution in [0.15, 0.2) is 36.4 Å². The number of sulfonamides is 1. The molecule has 2 aromatic rings. The first-order valence-electron chi connectivity index (χ1n) is 10.6. The van der Waals surface area contributed by atoms with E-state index in [9.17, 15) is 26.8 Å². The van der Waals surface area contributed by atoms with Crippen LogP contribution in [0.25, 0.3) is 0 Å². The predicted octanol–water partition coefficient (Wildman–Crippen LogP) is 4.23. The van der Waals surface area contributed by atoms with Crippen LogP contribution in [0.4, 0.5) is 14.5 Å². The van der Waals surface area contributed by atoms with Crippen molar-refractivity contribution in [2.24, 2.45) is 5.92 Å². The van der Waals surface area contributed by atoms with Gasteiger partial charge in [-0.05, 0) is 37.1 Å². The highest BCUT2D eigenvalue weighted by atomic mass is 35.5. The summed E-state index contributed by atoms with van der Waals surface area (Å²) >= 11 is 12.5. The van der Waals surface area contributed by atoms with E-state index in [1.54, 1.807) is 18.2 Å². The lowest BCUT2D eigenvalue weighted by Gasteiger charge is -2.32. The van der Waals surface area contributed by atoms with Crippen LogP contribution >= 0.6 is 23.2 Å². The van der Waals surface area contributed by atoms with Gasteiger partial charge in [0.25, 0.3) is 0 Å². The number of carbonyl (C=O) groups excluding carboxylic acids is 2. The summed E-state index contributed by atoms with van der Waals surface area (Å²) in [6, 6.07) is 6.21. The Morgan fingerprint density at radius 1 is 1.03 bits per heavy atom. The largest absolute Gasteiger partial charge is 0.354 e. The van der Waals surface area contributed by atoms with Crippen LogP contribution < -0.4 is 9.62 Å². The van der Waals surface area contributed by atoms with E-state index in [0.29, 0.717) is 22.5 Å². The lowest BCUT2D eigenvalue weighted by atomic mass is 10.1. The van der Waals surface area contributed by atoms with Crippen LogP contribution in [-0.4, -0.2) is 50.5 Å². The monoisotopic (exact) mass is 549 g/mol. The van der Waals surface area contributed by atoms with Gasteiger partial charge in [0.15, 0.2) is 11.6 Å². The number of rotatable bonds is 10. The molecule has 0 spiro atoms. The van der Waals surface area contributed by atoms with E-state index in [4.69, 9.17) is 23.2 Å². The fourth-order valence-electron chi connectivity index (χ4n) is 3.14. The molecule has 0 saturated heterocycles. The van der Waals surface area contributed by atoms with Crippen LogP contribution in [0, 0.1) is 17.6 Å². The van der Waals surface area contributed by atoms with Crippen molar-refractivity contribution in [3.8, 4) is 0 Å². The van der Waals surface area contributed by atoms with Crippen LogP contribution in [0.5, 0.6) is 0 Å². The van der Waals surface area contributed by atoms with Crippen molar-refractivity contribution in [1.29, 1.82) is 0 Å². The summed E-state index contributed by atoms with van der Waals surface area (Å²) in [4.78, 5) is 27.4. The molecule has 0 aliphatic rings. The molecule has 0 radical (unpaired) electrons. The number of nitrogens with zero attached hydrogens (tertiary/aromatic N) is 2. The van der Waals surface area contributed by atoms with E-state index < -0.39 is 46.1 Å². The van der Waals surface area contributed by atoms with Crippen molar-refractivity contribution >= 4 is 50.7 Å². The zero-order chi connectivity index (χ0) is 26.5. The molecule has 1 atom stereocenters. The van der Waals surface area contributed by atoms with E-state index in [2.05, 4.69) is 5.32 Å². The van der Waals surface area contributed by atoms with Crippen molar-refractivity contribution < 1.29 is 26.8 Å². The summed E-state index contributed by atoms with van der Waals surface area (Å²) < 4.78 is 52.8. The molecule has 1 N–H and O–H groups in total. The summed E-state index contributed by atoms with van der Waals surface area (Å²) in [5.41, 5.74) is 0.124. The number of benzene rings is 2. The molecule has 0 aromatic heterocycles. The van der Waals surface area contributed by atoms with Gasteiger partial charge < -0.3 is 10.2 Å². The summed E-state index contributed by atoms with van der Waals surface area (Å²) in [6.45, 7) is 4.70. The van der Waals surface area contributed by atoms with E-state index in [1.165, 1.54) is 6.92 Å². The second kappa shape index (κ2) is 12.0. The molecular weight excluding hydrogens is 523 g/mol. The molecule has 0 unspecified atom stereocenters. The van der Waals surface area contributed by atoms with Crippen LogP contribution in [0.2, 0.25) is 10.0 Å². The molecule has 35 heavy (non-hydrogen) atoms. The molecule has 12 heteroatoms. The van der Waals surface area contributed by atoms with Crippen molar-refractivity contribution in [3.63, 3.8) is 0 Å². The summed E-state index contributed by atoms with van der Waals surface area (Å²) in [5, 5.41) is 3.25. The maximum absolute atomic E-state index is 13.8. The van der Waals surface area contributed by atoms with Gasteiger partial charge in [0, 0.05) is 34.8 Å². The van der Waals surface area contributed by atoms with Crippen molar-refractivity contribution in [2.75, 3.05) is 23.7 Å². The first-order valence-corrected chi connectivity index (χ1v) is 13.3. The molecule has 7 nitrogen and oxygen atoms in total. The first kappa shape index (κ1) is 28.8. The fraction of sp³-hybridized carbons (Fsp3) is 0.391. The van der Waals surface area contributed by atoms with Gasteiger partial charge in [0.05, 0.1) is 11.9 Å². The Bertz CT molecular complexity index is 1180. The Labute approximate surface area is 214 Å². The Morgan fingerprint density at radius 2 is 1.63 bits per heavy atom. The quantitative estimate of drug-likeness (QED) is 0.480. The van der Waals surface area contributed by atoms with E-state index in [1.807, 2.05) is 13.8 Å². The Morgan fingerprint density at radius 3 is 2.14 bits per heavy atom. The fourth-order valence-corrected chi connectivity index (χ4v) is 4.50. The highest BCUT2D eigenvalue weighted by molar-refractivity contribution is 7.92. The molecule has 0 saturated carbocycles. The zero-order valence-electron chi connectivity index (χ0n) is 19.7. The van der Waals surface area contributed by atoms with Gasteiger partial charge >= 0.3 is 0 Å². The van der Waals surface area contributed by atoms with Gasteiger partial charge in [0.1, 0.15) is 12.6 Å². The summed E-state index contributed by atoms with van der Waals surface area (Å²) in [7, 11) is -4.09. The maximum atomic E-state index is 13.8. The van der Waals surface area contributed by atoms with Gasteiger partial charge in [-0.25, -0.2) is 17.2 Å². The second-order valence-corrected chi connectivity index (χ2v) is 11.1. The number of nitrogens with one attached hydrogen (secondary N) is 1. The Kier molecular flexibility index (Phi) is 9.88. The molecule has 0 aliphatic heterocycles. The lowest BCUT2D eigenvalue weighted by molar-refractivity contribution is -0.139. The molecule has 2 aromatic carbocycles. The summed E-state index contributed by atoms with van der Waals surface area (Å²) in [5.74, 6) is -3.52. The predicted molar refractivity (Wildman–Crippen MR) is 133 cm³/mol. The Hall–Kier alpha value is -2.43. The molecule has 0 aliphatic carbocycles. The number of amides is 2. The molecular formula is C23H27Cl2F2N3O4S. The first-order chi connectivity index (χ1) is 16.2. The molecule has 0 fully saturated rings.